The highest BCUT2D eigenvalue weighted by Gasteiger charge is 2.27. The molecule has 1 unspecified atom stereocenters. The van der Waals surface area contributed by atoms with Crippen molar-refractivity contribution in [3.8, 4) is 11.5 Å². The topological polar surface area (TPSA) is 53.7 Å². The van der Waals surface area contributed by atoms with Gasteiger partial charge in [0.2, 0.25) is 6.79 Å². The molecule has 1 aromatic rings. The Morgan fingerprint density at radius 2 is 1.95 bits per heavy atom. The van der Waals surface area contributed by atoms with E-state index in [0.717, 1.165) is 29.9 Å². The molecule has 1 aromatic carbocycles. The highest BCUT2D eigenvalue weighted by molar-refractivity contribution is 5.45. The lowest BCUT2D eigenvalue weighted by molar-refractivity contribution is -0.00185. The van der Waals surface area contributed by atoms with Crippen molar-refractivity contribution in [3.63, 3.8) is 0 Å². The Kier molecular flexibility index (Phi) is 4.09. The highest BCUT2D eigenvalue weighted by Crippen LogP contribution is 2.37. The Labute approximate surface area is 126 Å². The first-order valence-electron chi connectivity index (χ1n) is 7.80. The molecule has 1 fully saturated rings. The van der Waals surface area contributed by atoms with Gasteiger partial charge in [-0.2, -0.15) is 0 Å². The fraction of sp³-hybridized carbons (Fsp3) is 0.647. The second kappa shape index (κ2) is 5.85. The van der Waals surface area contributed by atoms with Crippen molar-refractivity contribution in [2.75, 3.05) is 13.4 Å². The van der Waals surface area contributed by atoms with Gasteiger partial charge >= 0.3 is 0 Å². The molecule has 3 rings (SSSR count). The lowest BCUT2D eigenvalue weighted by Crippen LogP contribution is -2.29. The van der Waals surface area contributed by atoms with Crippen LogP contribution in [0, 0.1) is 5.41 Å². The largest absolute Gasteiger partial charge is 0.454 e. The van der Waals surface area contributed by atoms with Gasteiger partial charge < -0.3 is 19.9 Å². The average Bonchev–Trinajstić information content (AvgIpc) is 2.93. The van der Waals surface area contributed by atoms with Crippen LogP contribution in [0.25, 0.3) is 0 Å². The number of nitrogens with two attached hydrogens (primary N) is 1. The third-order valence-electron chi connectivity index (χ3n) is 4.62. The third-order valence-corrected chi connectivity index (χ3v) is 4.62. The van der Waals surface area contributed by atoms with E-state index in [2.05, 4.69) is 13.8 Å². The van der Waals surface area contributed by atoms with Crippen molar-refractivity contribution in [2.45, 2.75) is 51.7 Å². The van der Waals surface area contributed by atoms with Gasteiger partial charge in [0.1, 0.15) is 0 Å². The first kappa shape index (κ1) is 14.7. The molecule has 4 heteroatoms. The molecule has 1 aliphatic carbocycles. The molecule has 1 saturated carbocycles. The quantitative estimate of drug-likeness (QED) is 0.923. The summed E-state index contributed by atoms with van der Waals surface area (Å²) in [5.74, 6) is 1.57. The molecular weight excluding hydrogens is 266 g/mol. The first-order chi connectivity index (χ1) is 10.0. The van der Waals surface area contributed by atoms with Crippen molar-refractivity contribution in [2.24, 2.45) is 11.1 Å². The number of hydrogen-bond donors (Lipinski definition) is 1. The fourth-order valence-corrected chi connectivity index (χ4v) is 3.02. The number of fused-ring (bicyclic) bond motifs is 1. The number of rotatable bonds is 4. The second-order valence-electron chi connectivity index (χ2n) is 6.92. The Bertz CT molecular complexity index is 491. The monoisotopic (exact) mass is 291 g/mol. The van der Waals surface area contributed by atoms with Crippen LogP contribution in [-0.4, -0.2) is 19.5 Å². The van der Waals surface area contributed by atoms with Crippen LogP contribution in [-0.2, 0) is 4.74 Å². The van der Waals surface area contributed by atoms with Gasteiger partial charge in [-0.15, -0.1) is 0 Å². The molecule has 0 amide bonds. The molecule has 116 valence electrons. The molecule has 0 radical (unpaired) electrons. The third kappa shape index (κ3) is 3.50. The summed E-state index contributed by atoms with van der Waals surface area (Å²) in [5.41, 5.74) is 7.75. The predicted molar refractivity (Wildman–Crippen MR) is 81.5 cm³/mol. The van der Waals surface area contributed by atoms with Gasteiger partial charge in [0, 0.05) is 0 Å². The van der Waals surface area contributed by atoms with Crippen molar-refractivity contribution >= 4 is 0 Å². The minimum absolute atomic E-state index is 0.116. The summed E-state index contributed by atoms with van der Waals surface area (Å²) in [7, 11) is 0. The molecule has 21 heavy (non-hydrogen) atoms. The summed E-state index contributed by atoms with van der Waals surface area (Å²) in [4.78, 5) is 0. The smallest absolute Gasteiger partial charge is 0.231 e. The molecule has 0 spiro atoms. The van der Waals surface area contributed by atoms with E-state index < -0.39 is 0 Å². The molecule has 0 aromatic heterocycles. The lowest BCUT2D eigenvalue weighted by Gasteiger charge is -2.34. The normalized spacial score (nSPS) is 22.2. The van der Waals surface area contributed by atoms with Crippen molar-refractivity contribution in [3.05, 3.63) is 23.8 Å². The maximum atomic E-state index is 6.24. The van der Waals surface area contributed by atoms with E-state index >= 15 is 0 Å². The van der Waals surface area contributed by atoms with Crippen LogP contribution in [0.15, 0.2) is 18.2 Å². The van der Waals surface area contributed by atoms with Crippen molar-refractivity contribution in [1.82, 2.24) is 0 Å². The lowest BCUT2D eigenvalue weighted by atomic mass is 9.76. The predicted octanol–water partition coefficient (Wildman–Crippen LogP) is 3.40. The van der Waals surface area contributed by atoms with E-state index in [-0.39, 0.29) is 6.04 Å². The zero-order valence-electron chi connectivity index (χ0n) is 12.9. The summed E-state index contributed by atoms with van der Waals surface area (Å²) in [5, 5.41) is 0. The Morgan fingerprint density at radius 3 is 2.71 bits per heavy atom. The average molecular weight is 291 g/mol. The number of benzene rings is 1. The van der Waals surface area contributed by atoms with Gasteiger partial charge in [0.15, 0.2) is 11.5 Å². The van der Waals surface area contributed by atoms with Crippen LogP contribution in [0.2, 0.25) is 0 Å². The van der Waals surface area contributed by atoms with Crippen LogP contribution < -0.4 is 15.2 Å². The maximum Gasteiger partial charge on any atom is 0.231 e. The van der Waals surface area contributed by atoms with Crippen LogP contribution in [0.4, 0.5) is 0 Å². The summed E-state index contributed by atoms with van der Waals surface area (Å²) in [6, 6.07) is 5.75. The summed E-state index contributed by atoms with van der Waals surface area (Å²) < 4.78 is 16.7. The van der Waals surface area contributed by atoms with E-state index in [1.54, 1.807) is 0 Å². The maximum absolute atomic E-state index is 6.24. The SMILES string of the molecule is CC1(C)CCC(OCC(N)c2ccc3c(c2)OCO3)CC1. The fourth-order valence-electron chi connectivity index (χ4n) is 3.02. The molecule has 0 saturated heterocycles. The van der Waals surface area contributed by atoms with E-state index in [0.29, 0.717) is 24.9 Å². The van der Waals surface area contributed by atoms with E-state index in [9.17, 15) is 0 Å². The molecule has 1 atom stereocenters. The molecule has 0 bridgehead atoms. The van der Waals surface area contributed by atoms with E-state index in [4.69, 9.17) is 19.9 Å². The van der Waals surface area contributed by atoms with Gasteiger partial charge in [-0.3, -0.25) is 0 Å². The van der Waals surface area contributed by atoms with Crippen molar-refractivity contribution < 1.29 is 14.2 Å². The van der Waals surface area contributed by atoms with E-state index in [1.165, 1.54) is 12.8 Å². The Balaban J connectivity index is 1.51. The van der Waals surface area contributed by atoms with Crippen molar-refractivity contribution in [1.29, 1.82) is 0 Å². The highest BCUT2D eigenvalue weighted by atomic mass is 16.7. The van der Waals surface area contributed by atoms with Crippen LogP contribution in [0.1, 0.15) is 51.1 Å². The molecule has 4 nitrogen and oxygen atoms in total. The second-order valence-corrected chi connectivity index (χ2v) is 6.92. The molecule has 2 aliphatic rings. The molecule has 1 heterocycles. The molecule has 2 N–H and O–H groups in total. The standard InChI is InChI=1S/C17H25NO3/c1-17(2)7-5-13(6-8-17)19-10-14(18)12-3-4-15-16(9-12)21-11-20-15/h3-4,9,13-14H,5-8,10-11,18H2,1-2H3. The minimum Gasteiger partial charge on any atom is -0.454 e. The van der Waals surface area contributed by atoms with Gasteiger partial charge in [-0.1, -0.05) is 19.9 Å². The Hall–Kier alpha value is -1.26. The van der Waals surface area contributed by atoms with Crippen LogP contribution in [0.3, 0.4) is 0 Å². The Morgan fingerprint density at radius 1 is 1.24 bits per heavy atom. The van der Waals surface area contributed by atoms with Gasteiger partial charge in [-0.25, -0.2) is 0 Å². The summed E-state index contributed by atoms with van der Waals surface area (Å²) in [6.07, 6.45) is 5.10. The number of ether oxygens (including phenoxy) is 3. The summed E-state index contributed by atoms with van der Waals surface area (Å²) >= 11 is 0. The number of hydrogen-bond acceptors (Lipinski definition) is 4. The zero-order chi connectivity index (χ0) is 14.9. The first-order valence-corrected chi connectivity index (χ1v) is 7.80. The van der Waals surface area contributed by atoms with Gasteiger partial charge in [0.25, 0.3) is 0 Å². The van der Waals surface area contributed by atoms with E-state index in [1.807, 2.05) is 18.2 Å². The van der Waals surface area contributed by atoms with Gasteiger partial charge in [-0.05, 0) is 48.8 Å². The van der Waals surface area contributed by atoms with Crippen LogP contribution in [0.5, 0.6) is 11.5 Å². The minimum atomic E-state index is -0.116. The summed E-state index contributed by atoms with van der Waals surface area (Å²) in [6.45, 7) is 5.52. The van der Waals surface area contributed by atoms with Gasteiger partial charge in [0.05, 0.1) is 18.8 Å². The zero-order valence-corrected chi connectivity index (χ0v) is 12.9. The van der Waals surface area contributed by atoms with Crippen LogP contribution >= 0.6 is 0 Å². The molecule has 1 aliphatic heterocycles. The molecular formula is C17H25NO3.